The number of nitrogens with one attached hydrogen (secondary N) is 3. The summed E-state index contributed by atoms with van der Waals surface area (Å²) in [6.07, 6.45) is 1.30. The van der Waals surface area contributed by atoms with Crippen LogP contribution in [0.1, 0.15) is 28.4 Å². The van der Waals surface area contributed by atoms with Crippen molar-refractivity contribution in [2.75, 3.05) is 10.6 Å². The molecule has 4 aromatic carbocycles. The third-order valence-electron chi connectivity index (χ3n) is 5.81. The number of rotatable bonds is 9. The number of hydrogen-bond acceptors (Lipinski definition) is 4. The monoisotopic (exact) mass is 553 g/mol. The van der Waals surface area contributed by atoms with E-state index in [0.29, 0.717) is 11.3 Å². The molecule has 0 heterocycles. The molecule has 40 heavy (non-hydrogen) atoms. The van der Waals surface area contributed by atoms with Gasteiger partial charge < -0.3 is 16.0 Å². The van der Waals surface area contributed by atoms with Gasteiger partial charge in [0.15, 0.2) is 0 Å². The van der Waals surface area contributed by atoms with Crippen molar-refractivity contribution in [3.63, 3.8) is 0 Å². The van der Waals surface area contributed by atoms with E-state index in [1.54, 1.807) is 66.7 Å². The Morgan fingerprint density at radius 1 is 0.800 bits per heavy atom. The summed E-state index contributed by atoms with van der Waals surface area (Å²) in [6.45, 7) is 3.78. The lowest BCUT2D eigenvalue weighted by molar-refractivity contribution is -0.115. The summed E-state index contributed by atoms with van der Waals surface area (Å²) in [7, 11) is 0. The molecule has 8 heteroatoms. The minimum absolute atomic E-state index is 0.112. The first-order valence-corrected chi connectivity index (χ1v) is 13.4. The van der Waals surface area contributed by atoms with Gasteiger partial charge in [-0.25, -0.2) is 4.39 Å². The first-order chi connectivity index (χ1) is 19.3. The number of anilines is 2. The van der Waals surface area contributed by atoms with E-state index in [0.717, 1.165) is 16.1 Å². The molecule has 4 rings (SSSR count). The standard InChI is InChI=1S/C32H28FN3O3S/c1-21-9-8-13-26(19-21)35-30(37)22(2)40-27-17-15-25(16-18-27)34-32(39)29(20-24-12-6-7-14-28(24)33)36-31(38)23-10-4-3-5-11-23/h3-20,22H,1-2H3,(H,34,39)(H,35,37)(H,36,38)/b29-20-. The normalized spacial score (nSPS) is 11.8. The van der Waals surface area contributed by atoms with E-state index in [-0.39, 0.29) is 22.4 Å². The first-order valence-electron chi connectivity index (χ1n) is 12.6. The van der Waals surface area contributed by atoms with Crippen LogP contribution in [0.3, 0.4) is 0 Å². The molecule has 0 saturated carbocycles. The highest BCUT2D eigenvalue weighted by Crippen LogP contribution is 2.26. The van der Waals surface area contributed by atoms with Crippen LogP contribution in [0.15, 0.2) is 114 Å². The van der Waals surface area contributed by atoms with Crippen molar-refractivity contribution in [2.24, 2.45) is 0 Å². The van der Waals surface area contributed by atoms with Crippen LogP contribution in [0.4, 0.5) is 15.8 Å². The number of carbonyl (C=O) groups is 3. The van der Waals surface area contributed by atoms with Crippen LogP contribution in [0, 0.1) is 12.7 Å². The molecule has 3 N–H and O–H groups in total. The van der Waals surface area contributed by atoms with Crippen LogP contribution in [-0.4, -0.2) is 23.0 Å². The van der Waals surface area contributed by atoms with E-state index in [4.69, 9.17) is 0 Å². The molecule has 202 valence electrons. The molecular weight excluding hydrogens is 525 g/mol. The zero-order chi connectivity index (χ0) is 28.5. The molecule has 0 saturated heterocycles. The minimum atomic E-state index is -0.612. The van der Waals surface area contributed by atoms with Gasteiger partial charge in [0.1, 0.15) is 11.5 Å². The molecule has 0 bridgehead atoms. The lowest BCUT2D eigenvalue weighted by Crippen LogP contribution is -2.30. The van der Waals surface area contributed by atoms with Gasteiger partial charge in [-0.3, -0.25) is 14.4 Å². The molecule has 1 atom stereocenters. The van der Waals surface area contributed by atoms with Gasteiger partial charge in [0.05, 0.1) is 5.25 Å². The lowest BCUT2D eigenvalue weighted by Gasteiger charge is -2.14. The summed E-state index contributed by atoms with van der Waals surface area (Å²) in [5, 5.41) is 7.91. The molecule has 0 aliphatic heterocycles. The van der Waals surface area contributed by atoms with Crippen LogP contribution in [0.2, 0.25) is 0 Å². The number of carbonyl (C=O) groups excluding carboxylic acids is 3. The summed E-state index contributed by atoms with van der Waals surface area (Å²) in [4.78, 5) is 39.4. The zero-order valence-corrected chi connectivity index (χ0v) is 22.8. The maximum absolute atomic E-state index is 14.3. The quantitative estimate of drug-likeness (QED) is 0.160. The second kappa shape index (κ2) is 13.4. The Morgan fingerprint density at radius 2 is 1.50 bits per heavy atom. The Kier molecular flexibility index (Phi) is 9.48. The molecule has 0 aliphatic rings. The van der Waals surface area contributed by atoms with Crippen molar-refractivity contribution in [1.29, 1.82) is 0 Å². The number of aryl methyl sites for hydroxylation is 1. The third-order valence-corrected chi connectivity index (χ3v) is 6.93. The van der Waals surface area contributed by atoms with Crippen molar-refractivity contribution in [1.82, 2.24) is 5.32 Å². The van der Waals surface area contributed by atoms with Gasteiger partial charge in [0, 0.05) is 27.4 Å². The van der Waals surface area contributed by atoms with Gasteiger partial charge in [0.25, 0.3) is 11.8 Å². The van der Waals surface area contributed by atoms with Crippen molar-refractivity contribution < 1.29 is 18.8 Å². The molecule has 0 aromatic heterocycles. The Hall–Kier alpha value is -4.69. The molecule has 0 radical (unpaired) electrons. The number of thioether (sulfide) groups is 1. The van der Waals surface area contributed by atoms with Gasteiger partial charge in [-0.05, 0) is 80.1 Å². The smallest absolute Gasteiger partial charge is 0.272 e. The van der Waals surface area contributed by atoms with Crippen LogP contribution in [-0.2, 0) is 9.59 Å². The number of benzene rings is 4. The highest BCUT2D eigenvalue weighted by molar-refractivity contribution is 8.00. The fourth-order valence-corrected chi connectivity index (χ4v) is 4.60. The van der Waals surface area contributed by atoms with Crippen LogP contribution in [0.5, 0.6) is 0 Å². The fraction of sp³-hybridized carbons (Fsp3) is 0.0938. The molecule has 0 spiro atoms. The molecule has 0 aliphatic carbocycles. The highest BCUT2D eigenvalue weighted by Gasteiger charge is 2.17. The second-order valence-electron chi connectivity index (χ2n) is 9.00. The van der Waals surface area contributed by atoms with Crippen molar-refractivity contribution in [3.8, 4) is 0 Å². The number of amides is 3. The molecular formula is C32H28FN3O3S. The first kappa shape index (κ1) is 28.3. The van der Waals surface area contributed by atoms with Crippen molar-refractivity contribution >= 4 is 46.9 Å². The predicted octanol–water partition coefficient (Wildman–Crippen LogP) is 6.66. The summed E-state index contributed by atoms with van der Waals surface area (Å²) in [5.41, 5.74) is 2.68. The van der Waals surface area contributed by atoms with Crippen LogP contribution >= 0.6 is 11.8 Å². The average Bonchev–Trinajstić information content (AvgIpc) is 2.95. The van der Waals surface area contributed by atoms with E-state index in [1.165, 1.54) is 30.0 Å². The second-order valence-corrected chi connectivity index (χ2v) is 10.4. The van der Waals surface area contributed by atoms with E-state index in [1.807, 2.05) is 38.1 Å². The molecule has 1 unspecified atom stereocenters. The van der Waals surface area contributed by atoms with Crippen molar-refractivity contribution in [3.05, 3.63) is 131 Å². The fourth-order valence-electron chi connectivity index (χ4n) is 3.73. The maximum Gasteiger partial charge on any atom is 0.272 e. The van der Waals surface area contributed by atoms with Gasteiger partial charge >= 0.3 is 0 Å². The SMILES string of the molecule is Cc1cccc(NC(=O)C(C)Sc2ccc(NC(=O)/C(=C/c3ccccc3F)NC(=O)c3ccccc3)cc2)c1. The minimum Gasteiger partial charge on any atom is -0.325 e. The Balaban J connectivity index is 1.44. The summed E-state index contributed by atoms with van der Waals surface area (Å²) >= 11 is 1.38. The number of hydrogen-bond donors (Lipinski definition) is 3. The van der Waals surface area contributed by atoms with Gasteiger partial charge in [-0.15, -0.1) is 11.8 Å². The van der Waals surface area contributed by atoms with E-state index in [2.05, 4.69) is 16.0 Å². The predicted molar refractivity (Wildman–Crippen MR) is 158 cm³/mol. The van der Waals surface area contributed by atoms with Gasteiger partial charge in [0.2, 0.25) is 5.91 Å². The Bertz CT molecular complexity index is 1540. The molecule has 3 amide bonds. The zero-order valence-electron chi connectivity index (χ0n) is 22.0. The summed E-state index contributed by atoms with van der Waals surface area (Å²) in [6, 6.07) is 29.0. The third kappa shape index (κ3) is 7.91. The Morgan fingerprint density at radius 3 is 2.20 bits per heavy atom. The highest BCUT2D eigenvalue weighted by atomic mass is 32.2. The topological polar surface area (TPSA) is 87.3 Å². The molecule has 0 fully saturated rings. The summed E-state index contributed by atoms with van der Waals surface area (Å²) < 4.78 is 14.3. The van der Waals surface area contributed by atoms with E-state index < -0.39 is 17.6 Å². The van der Waals surface area contributed by atoms with E-state index >= 15 is 0 Å². The molecule has 4 aromatic rings. The largest absolute Gasteiger partial charge is 0.325 e. The van der Waals surface area contributed by atoms with Gasteiger partial charge in [-0.2, -0.15) is 0 Å². The van der Waals surface area contributed by atoms with Crippen LogP contribution < -0.4 is 16.0 Å². The maximum atomic E-state index is 14.3. The van der Waals surface area contributed by atoms with E-state index in [9.17, 15) is 18.8 Å². The summed E-state index contributed by atoms with van der Waals surface area (Å²) in [5.74, 6) is -1.75. The van der Waals surface area contributed by atoms with Crippen molar-refractivity contribution in [2.45, 2.75) is 24.0 Å². The molecule has 6 nitrogen and oxygen atoms in total. The number of halogens is 1. The van der Waals surface area contributed by atoms with Gasteiger partial charge in [-0.1, -0.05) is 48.5 Å². The van der Waals surface area contributed by atoms with Crippen LogP contribution in [0.25, 0.3) is 6.08 Å². The Labute approximate surface area is 236 Å². The average molecular weight is 554 g/mol. The lowest BCUT2D eigenvalue weighted by atomic mass is 10.1.